The first kappa shape index (κ1) is 21.6. The number of likely N-dealkylation sites (tertiary alicyclic amines) is 1. The average Bonchev–Trinajstić information content (AvgIpc) is 3.17. The lowest BCUT2D eigenvalue weighted by molar-refractivity contribution is 0.0536. The molecule has 1 aromatic rings. The molecule has 2 rings (SSSR count). The van der Waals surface area contributed by atoms with Gasteiger partial charge in [0.2, 0.25) is 0 Å². The predicted molar refractivity (Wildman–Crippen MR) is 109 cm³/mol. The second-order valence-electron chi connectivity index (χ2n) is 5.70. The molecule has 1 fully saturated rings. The van der Waals surface area contributed by atoms with Crippen molar-refractivity contribution in [3.63, 3.8) is 0 Å². The summed E-state index contributed by atoms with van der Waals surface area (Å²) in [6.07, 6.45) is 3.05. The highest BCUT2D eigenvalue weighted by Gasteiger charge is 2.24. The highest BCUT2D eigenvalue weighted by molar-refractivity contribution is 14.0. The van der Waals surface area contributed by atoms with Crippen LogP contribution in [0.4, 0.5) is 0 Å². The molecule has 0 aliphatic carbocycles. The molecule has 0 saturated carbocycles. The number of rotatable bonds is 8. The van der Waals surface area contributed by atoms with Crippen LogP contribution in [0.25, 0.3) is 0 Å². The number of ether oxygens (including phenoxy) is 2. The zero-order valence-electron chi connectivity index (χ0n) is 14.8. The lowest BCUT2D eigenvalue weighted by Gasteiger charge is -2.21. The third kappa shape index (κ3) is 7.20. The van der Waals surface area contributed by atoms with Gasteiger partial charge in [-0.2, -0.15) is 0 Å². The second kappa shape index (κ2) is 12.0. The number of methoxy groups -OCH3 is 1. The van der Waals surface area contributed by atoms with E-state index in [1.807, 2.05) is 6.20 Å². The summed E-state index contributed by atoms with van der Waals surface area (Å²) in [5, 5.41) is 4.46. The summed E-state index contributed by atoms with van der Waals surface area (Å²) in [4.78, 5) is 12.7. The molecule has 24 heavy (non-hydrogen) atoms. The maximum atomic E-state index is 5.66. The van der Waals surface area contributed by atoms with Crippen molar-refractivity contribution in [2.24, 2.45) is 10.9 Å². The fraction of sp³-hybridized carbons (Fsp3) is 0.750. The van der Waals surface area contributed by atoms with Crippen LogP contribution in [0.5, 0.6) is 0 Å². The van der Waals surface area contributed by atoms with Gasteiger partial charge < -0.3 is 19.7 Å². The Balaban J connectivity index is 0.00000288. The molecule has 2 heterocycles. The lowest BCUT2D eigenvalue weighted by atomic mass is 10.1. The molecule has 1 aliphatic rings. The number of halogens is 1. The molecule has 1 unspecified atom stereocenters. The van der Waals surface area contributed by atoms with Crippen molar-refractivity contribution in [3.05, 3.63) is 16.1 Å². The van der Waals surface area contributed by atoms with E-state index in [1.165, 1.54) is 4.88 Å². The number of aryl methyl sites for hydroxylation is 1. The van der Waals surface area contributed by atoms with Crippen molar-refractivity contribution in [1.82, 2.24) is 15.2 Å². The van der Waals surface area contributed by atoms with Crippen LogP contribution >= 0.6 is 35.3 Å². The summed E-state index contributed by atoms with van der Waals surface area (Å²) in [6, 6.07) is 0. The number of nitrogens with one attached hydrogen (secondary N) is 1. The average molecular weight is 468 g/mol. The fourth-order valence-corrected chi connectivity index (χ4v) is 3.31. The van der Waals surface area contributed by atoms with Crippen molar-refractivity contribution in [3.8, 4) is 0 Å². The van der Waals surface area contributed by atoms with E-state index in [4.69, 9.17) is 14.5 Å². The Hall–Kier alpha value is -0.450. The summed E-state index contributed by atoms with van der Waals surface area (Å²) in [6.45, 7) is 9.85. The highest BCUT2D eigenvalue weighted by atomic mass is 127. The van der Waals surface area contributed by atoms with Gasteiger partial charge in [-0.15, -0.1) is 35.3 Å². The van der Waals surface area contributed by atoms with Crippen LogP contribution < -0.4 is 5.32 Å². The van der Waals surface area contributed by atoms with Gasteiger partial charge in [0, 0.05) is 43.7 Å². The maximum absolute atomic E-state index is 5.66. The molecule has 1 aliphatic heterocycles. The van der Waals surface area contributed by atoms with Crippen LogP contribution in [0, 0.1) is 12.8 Å². The Morgan fingerprint density at radius 2 is 2.33 bits per heavy atom. The van der Waals surface area contributed by atoms with E-state index in [0.717, 1.165) is 43.6 Å². The smallest absolute Gasteiger partial charge is 0.194 e. The molecule has 0 bridgehead atoms. The van der Waals surface area contributed by atoms with E-state index < -0.39 is 0 Å². The summed E-state index contributed by atoms with van der Waals surface area (Å²) >= 11 is 1.71. The van der Waals surface area contributed by atoms with Crippen molar-refractivity contribution in [1.29, 1.82) is 0 Å². The molecule has 6 nitrogen and oxygen atoms in total. The van der Waals surface area contributed by atoms with Crippen LogP contribution in [0.1, 0.15) is 23.2 Å². The van der Waals surface area contributed by atoms with Crippen LogP contribution in [-0.4, -0.2) is 62.4 Å². The molecule has 0 aromatic carbocycles. The number of hydrogen-bond acceptors (Lipinski definition) is 5. The molecular formula is C16H29IN4O2S. The summed E-state index contributed by atoms with van der Waals surface area (Å²) in [7, 11) is 1.70. The van der Waals surface area contributed by atoms with Gasteiger partial charge in [0.05, 0.1) is 26.4 Å². The SMILES string of the molecule is CCNC(=NCc1ncc(C)s1)N1CCC(COCCOC)C1.I. The molecule has 1 aromatic heterocycles. The second-order valence-corrected chi connectivity index (χ2v) is 7.02. The van der Waals surface area contributed by atoms with Crippen molar-refractivity contribution < 1.29 is 9.47 Å². The molecule has 1 saturated heterocycles. The third-order valence-electron chi connectivity index (χ3n) is 3.74. The van der Waals surface area contributed by atoms with Gasteiger partial charge in [0.15, 0.2) is 5.96 Å². The van der Waals surface area contributed by atoms with E-state index >= 15 is 0 Å². The van der Waals surface area contributed by atoms with Crippen molar-refractivity contribution in [2.75, 3.05) is 46.6 Å². The minimum Gasteiger partial charge on any atom is -0.382 e. The van der Waals surface area contributed by atoms with E-state index in [2.05, 4.69) is 29.0 Å². The zero-order chi connectivity index (χ0) is 16.5. The van der Waals surface area contributed by atoms with E-state index in [1.54, 1.807) is 18.4 Å². The van der Waals surface area contributed by atoms with Crippen LogP contribution in [0.3, 0.4) is 0 Å². The first-order valence-corrected chi connectivity index (χ1v) is 9.05. The third-order valence-corrected chi connectivity index (χ3v) is 4.64. The number of hydrogen-bond donors (Lipinski definition) is 1. The monoisotopic (exact) mass is 468 g/mol. The van der Waals surface area contributed by atoms with E-state index in [-0.39, 0.29) is 24.0 Å². The van der Waals surface area contributed by atoms with Crippen LogP contribution in [0.2, 0.25) is 0 Å². The number of aromatic nitrogens is 1. The Labute approximate surface area is 166 Å². The predicted octanol–water partition coefficient (Wildman–Crippen LogP) is 2.52. The van der Waals surface area contributed by atoms with E-state index in [9.17, 15) is 0 Å². The molecule has 1 N–H and O–H groups in total. The topological polar surface area (TPSA) is 59.0 Å². The van der Waals surface area contributed by atoms with Gasteiger partial charge >= 0.3 is 0 Å². The Morgan fingerprint density at radius 3 is 3.00 bits per heavy atom. The molecule has 0 radical (unpaired) electrons. The number of thiazole rings is 1. The molecule has 8 heteroatoms. The summed E-state index contributed by atoms with van der Waals surface area (Å²) < 4.78 is 10.7. The number of aliphatic imine (C=N–C) groups is 1. The Kier molecular flexibility index (Phi) is 10.8. The lowest BCUT2D eigenvalue weighted by Crippen LogP contribution is -2.40. The van der Waals surface area contributed by atoms with Crippen molar-refractivity contribution >= 4 is 41.3 Å². The molecule has 1 atom stereocenters. The first-order chi connectivity index (χ1) is 11.2. The number of guanidine groups is 1. The molecule has 0 amide bonds. The Morgan fingerprint density at radius 1 is 1.50 bits per heavy atom. The quantitative estimate of drug-likeness (QED) is 0.275. The highest BCUT2D eigenvalue weighted by Crippen LogP contribution is 2.17. The van der Waals surface area contributed by atoms with Gasteiger partial charge in [-0.3, -0.25) is 0 Å². The molecule has 138 valence electrons. The standard InChI is InChI=1S/C16H28N4O2S.HI/c1-4-17-16(19-10-15-18-9-13(2)23-15)20-6-5-14(11-20)12-22-8-7-21-3;/h9,14H,4-8,10-12H2,1-3H3,(H,17,19);1H. The normalized spacial score (nSPS) is 17.9. The maximum Gasteiger partial charge on any atom is 0.194 e. The molecule has 0 spiro atoms. The van der Waals surface area contributed by atoms with Crippen molar-refractivity contribution in [2.45, 2.75) is 26.8 Å². The first-order valence-electron chi connectivity index (χ1n) is 8.24. The van der Waals surface area contributed by atoms with Gasteiger partial charge in [-0.25, -0.2) is 9.98 Å². The Bertz CT molecular complexity index is 498. The zero-order valence-corrected chi connectivity index (χ0v) is 17.9. The van der Waals surface area contributed by atoms with Crippen LogP contribution in [-0.2, 0) is 16.0 Å². The summed E-state index contributed by atoms with van der Waals surface area (Å²) in [5.74, 6) is 1.55. The van der Waals surface area contributed by atoms with Gasteiger partial charge in [0.1, 0.15) is 5.01 Å². The minimum absolute atomic E-state index is 0. The molecular weight excluding hydrogens is 439 g/mol. The van der Waals surface area contributed by atoms with Gasteiger partial charge in [-0.1, -0.05) is 0 Å². The number of nitrogens with zero attached hydrogens (tertiary/aromatic N) is 3. The summed E-state index contributed by atoms with van der Waals surface area (Å²) in [5.41, 5.74) is 0. The van der Waals surface area contributed by atoms with Gasteiger partial charge in [-0.05, 0) is 20.3 Å². The van der Waals surface area contributed by atoms with Gasteiger partial charge in [0.25, 0.3) is 0 Å². The minimum atomic E-state index is 0. The largest absolute Gasteiger partial charge is 0.382 e. The van der Waals surface area contributed by atoms with Crippen LogP contribution in [0.15, 0.2) is 11.2 Å². The fourth-order valence-electron chi connectivity index (χ4n) is 2.60. The van der Waals surface area contributed by atoms with E-state index in [0.29, 0.717) is 25.7 Å².